The summed E-state index contributed by atoms with van der Waals surface area (Å²) in [6, 6.07) is 6.13. The third-order valence-electron chi connectivity index (χ3n) is 3.27. The lowest BCUT2D eigenvalue weighted by molar-refractivity contribution is -0.111. The van der Waals surface area contributed by atoms with Crippen LogP contribution in [0.4, 0.5) is 5.13 Å². The van der Waals surface area contributed by atoms with Crippen LogP contribution in [0.1, 0.15) is 10.4 Å². The minimum Gasteiger partial charge on any atom is -0.298 e. The van der Waals surface area contributed by atoms with E-state index in [4.69, 9.17) is 11.6 Å². The van der Waals surface area contributed by atoms with E-state index in [2.05, 4.69) is 15.3 Å². The first-order valence-electron chi connectivity index (χ1n) is 7.16. The molecule has 3 aromatic rings. The molecule has 0 bridgehead atoms. The Hall–Kier alpha value is -2.07. The average molecular weight is 426 g/mol. The lowest BCUT2D eigenvalue weighted by atomic mass is 10.0. The molecule has 2 aromatic heterocycles. The van der Waals surface area contributed by atoms with E-state index >= 15 is 0 Å². The Morgan fingerprint density at radius 1 is 1.23 bits per heavy atom. The van der Waals surface area contributed by atoms with Crippen molar-refractivity contribution in [2.45, 2.75) is 4.90 Å². The number of benzene rings is 1. The topological polar surface area (TPSA) is 89.0 Å². The highest BCUT2D eigenvalue weighted by Gasteiger charge is 2.16. The van der Waals surface area contributed by atoms with Gasteiger partial charge in [0.05, 0.1) is 16.6 Å². The largest absolute Gasteiger partial charge is 0.298 e. The van der Waals surface area contributed by atoms with Crippen molar-refractivity contribution in [3.05, 3.63) is 56.9 Å². The number of sulfone groups is 1. The molecular weight excluding hydrogens is 414 g/mol. The maximum Gasteiger partial charge on any atom is 0.258 e. The summed E-state index contributed by atoms with van der Waals surface area (Å²) in [7, 11) is -3.31. The Labute approximate surface area is 163 Å². The zero-order valence-electron chi connectivity index (χ0n) is 13.3. The van der Waals surface area contributed by atoms with Crippen LogP contribution in [0.2, 0.25) is 4.34 Å². The second kappa shape index (κ2) is 7.67. The van der Waals surface area contributed by atoms with Crippen molar-refractivity contribution < 1.29 is 13.2 Å². The van der Waals surface area contributed by atoms with Crippen molar-refractivity contribution in [3.63, 3.8) is 0 Å². The Bertz CT molecular complexity index is 1060. The lowest BCUT2D eigenvalue weighted by Gasteiger charge is -2.08. The minimum atomic E-state index is -3.31. The Morgan fingerprint density at radius 2 is 1.96 bits per heavy atom. The summed E-state index contributed by atoms with van der Waals surface area (Å²) in [6.45, 7) is 0. The third kappa shape index (κ3) is 4.55. The maximum absolute atomic E-state index is 12.7. The van der Waals surface area contributed by atoms with Gasteiger partial charge in [0.25, 0.3) is 5.91 Å². The fraction of sp³-hybridized carbons (Fsp3) is 0.0625. The number of hydrogen-bond donors (Lipinski definition) is 1. The quantitative estimate of drug-likeness (QED) is 0.627. The molecule has 10 heteroatoms. The van der Waals surface area contributed by atoms with Crippen LogP contribution < -0.4 is 5.32 Å². The Kier molecular flexibility index (Phi) is 5.52. The Balaban J connectivity index is 1.97. The standard InChI is InChI=1S/C16H12ClN3O3S3/c1-26(22,23)12-4-2-10(3-5-12)13(6-11-7-18-9-24-11)15(21)20-16-19-8-14(17)25-16/h2-9H,1H3,(H,19,20,21)/b13-6+. The first kappa shape index (κ1) is 18.7. The molecule has 1 aromatic carbocycles. The van der Waals surface area contributed by atoms with E-state index in [0.29, 0.717) is 20.6 Å². The van der Waals surface area contributed by atoms with Gasteiger partial charge in [-0.25, -0.2) is 13.4 Å². The summed E-state index contributed by atoms with van der Waals surface area (Å²) in [4.78, 5) is 21.7. The van der Waals surface area contributed by atoms with Gasteiger partial charge in [0.15, 0.2) is 15.0 Å². The first-order valence-corrected chi connectivity index (χ1v) is 11.1. The predicted octanol–water partition coefficient (Wildman–Crippen LogP) is 3.84. The maximum atomic E-state index is 12.7. The zero-order chi connectivity index (χ0) is 18.7. The second-order valence-electron chi connectivity index (χ2n) is 5.18. The molecule has 0 aliphatic heterocycles. The molecule has 6 nitrogen and oxygen atoms in total. The number of hydrogen-bond acceptors (Lipinski definition) is 7. The number of anilines is 1. The zero-order valence-corrected chi connectivity index (χ0v) is 16.5. The van der Waals surface area contributed by atoms with E-state index in [1.807, 2.05) is 0 Å². The SMILES string of the molecule is CS(=O)(=O)c1ccc(/C(=C\c2cncs2)C(=O)Nc2ncc(Cl)s2)cc1. The van der Waals surface area contributed by atoms with E-state index in [1.165, 1.54) is 29.7 Å². The van der Waals surface area contributed by atoms with Crippen LogP contribution in [0.25, 0.3) is 11.6 Å². The van der Waals surface area contributed by atoms with Crippen molar-refractivity contribution in [1.29, 1.82) is 0 Å². The monoisotopic (exact) mass is 425 g/mol. The highest BCUT2D eigenvalue weighted by Crippen LogP contribution is 2.26. The predicted molar refractivity (Wildman–Crippen MR) is 105 cm³/mol. The number of nitrogens with zero attached hydrogens (tertiary/aromatic N) is 2. The fourth-order valence-electron chi connectivity index (χ4n) is 2.08. The Morgan fingerprint density at radius 3 is 2.50 bits per heavy atom. The van der Waals surface area contributed by atoms with Gasteiger partial charge >= 0.3 is 0 Å². The fourth-order valence-corrected chi connectivity index (χ4v) is 4.07. The van der Waals surface area contributed by atoms with Crippen LogP contribution in [0.3, 0.4) is 0 Å². The van der Waals surface area contributed by atoms with Crippen molar-refractivity contribution in [2.75, 3.05) is 11.6 Å². The van der Waals surface area contributed by atoms with Gasteiger partial charge in [0.2, 0.25) is 0 Å². The van der Waals surface area contributed by atoms with Crippen LogP contribution in [0, 0.1) is 0 Å². The smallest absolute Gasteiger partial charge is 0.258 e. The van der Waals surface area contributed by atoms with E-state index in [-0.39, 0.29) is 10.8 Å². The summed E-state index contributed by atoms with van der Waals surface area (Å²) in [6.07, 6.45) is 5.92. The molecule has 0 spiro atoms. The van der Waals surface area contributed by atoms with Gasteiger partial charge in [-0.1, -0.05) is 35.1 Å². The molecule has 0 fully saturated rings. The molecule has 0 saturated heterocycles. The summed E-state index contributed by atoms with van der Waals surface area (Å²) < 4.78 is 23.7. The van der Waals surface area contributed by atoms with Gasteiger partial charge in [-0.3, -0.25) is 15.1 Å². The third-order valence-corrected chi connectivity index (χ3v) is 6.16. The summed E-state index contributed by atoms with van der Waals surface area (Å²) in [5.41, 5.74) is 2.60. The van der Waals surface area contributed by atoms with Gasteiger partial charge in [0, 0.05) is 22.9 Å². The molecule has 2 heterocycles. The summed E-state index contributed by atoms with van der Waals surface area (Å²) in [5.74, 6) is -0.378. The molecule has 0 aliphatic carbocycles. The molecule has 26 heavy (non-hydrogen) atoms. The number of rotatable bonds is 5. The van der Waals surface area contributed by atoms with Crippen molar-refractivity contribution in [1.82, 2.24) is 9.97 Å². The van der Waals surface area contributed by atoms with E-state index in [0.717, 1.165) is 22.5 Å². The van der Waals surface area contributed by atoms with E-state index in [9.17, 15) is 13.2 Å². The molecular formula is C16H12ClN3O3S3. The van der Waals surface area contributed by atoms with Gasteiger partial charge in [-0.15, -0.1) is 11.3 Å². The molecule has 0 atom stereocenters. The van der Waals surface area contributed by atoms with Gasteiger partial charge < -0.3 is 0 Å². The van der Waals surface area contributed by atoms with Gasteiger partial charge in [0.1, 0.15) is 4.34 Å². The number of aromatic nitrogens is 2. The van der Waals surface area contributed by atoms with Crippen LogP contribution in [0.5, 0.6) is 0 Å². The molecule has 0 radical (unpaired) electrons. The highest BCUT2D eigenvalue weighted by molar-refractivity contribution is 7.90. The summed E-state index contributed by atoms with van der Waals surface area (Å²) in [5, 5.41) is 3.08. The molecule has 0 aliphatic rings. The normalized spacial score (nSPS) is 12.2. The minimum absolute atomic E-state index is 0.186. The van der Waals surface area contributed by atoms with Crippen LogP contribution in [0.15, 0.2) is 47.1 Å². The number of carbonyl (C=O) groups is 1. The van der Waals surface area contributed by atoms with Crippen molar-refractivity contribution in [2.24, 2.45) is 0 Å². The molecule has 3 rings (SSSR count). The number of nitrogens with one attached hydrogen (secondary N) is 1. The lowest BCUT2D eigenvalue weighted by Crippen LogP contribution is -2.13. The van der Waals surface area contributed by atoms with Gasteiger partial charge in [-0.05, 0) is 23.8 Å². The number of thiazole rings is 2. The van der Waals surface area contributed by atoms with Crippen molar-refractivity contribution in [3.8, 4) is 0 Å². The average Bonchev–Trinajstić information content (AvgIpc) is 3.23. The molecule has 1 amide bonds. The molecule has 0 saturated carbocycles. The highest BCUT2D eigenvalue weighted by atomic mass is 35.5. The number of amides is 1. The second-order valence-corrected chi connectivity index (χ2v) is 9.78. The number of carbonyl (C=O) groups excluding carboxylic acids is 1. The van der Waals surface area contributed by atoms with Crippen LogP contribution >= 0.6 is 34.3 Å². The molecule has 1 N–H and O–H groups in total. The molecule has 134 valence electrons. The summed E-state index contributed by atoms with van der Waals surface area (Å²) >= 11 is 8.37. The first-order chi connectivity index (χ1) is 12.3. The molecule has 0 unspecified atom stereocenters. The van der Waals surface area contributed by atoms with E-state index in [1.54, 1.807) is 29.9 Å². The number of halogens is 1. The van der Waals surface area contributed by atoms with Gasteiger partial charge in [-0.2, -0.15) is 0 Å². The van der Waals surface area contributed by atoms with Crippen LogP contribution in [-0.4, -0.2) is 30.5 Å². The van der Waals surface area contributed by atoms with Crippen LogP contribution in [-0.2, 0) is 14.6 Å². The van der Waals surface area contributed by atoms with Crippen molar-refractivity contribution >= 4 is 66.8 Å². The van der Waals surface area contributed by atoms with E-state index < -0.39 is 9.84 Å².